The van der Waals surface area contributed by atoms with Crippen LogP contribution < -0.4 is 14.5 Å². The lowest BCUT2D eigenvalue weighted by molar-refractivity contribution is 0.0527. The Balaban J connectivity index is 1.55. The van der Waals surface area contributed by atoms with E-state index in [4.69, 9.17) is 21.1 Å². The second-order valence-electron chi connectivity index (χ2n) is 6.94. The molecule has 1 aromatic carbocycles. The van der Waals surface area contributed by atoms with Gasteiger partial charge in [-0.15, -0.1) is 11.3 Å². The van der Waals surface area contributed by atoms with Gasteiger partial charge in [0, 0.05) is 31.9 Å². The summed E-state index contributed by atoms with van der Waals surface area (Å²) in [6, 6.07) is 11.8. The number of piperazine rings is 1. The third-order valence-corrected chi connectivity index (χ3v) is 6.56. The molecular formula is C22H24ClN3O3S. The van der Waals surface area contributed by atoms with E-state index in [-0.39, 0.29) is 5.97 Å². The van der Waals surface area contributed by atoms with Crippen molar-refractivity contribution in [3.05, 3.63) is 52.4 Å². The number of hydrogen-bond donors (Lipinski definition) is 1. The van der Waals surface area contributed by atoms with Crippen molar-refractivity contribution in [3.8, 4) is 16.3 Å². The largest absolute Gasteiger partial charge is 0.497 e. The number of anilines is 2. The highest BCUT2D eigenvalue weighted by atomic mass is 35.5. The molecule has 30 heavy (non-hydrogen) atoms. The molecule has 4 rings (SSSR count). The summed E-state index contributed by atoms with van der Waals surface area (Å²) in [4.78, 5) is 21.5. The van der Waals surface area contributed by atoms with Crippen LogP contribution in [0.25, 0.3) is 10.6 Å². The normalized spacial score (nSPS) is 14.1. The van der Waals surface area contributed by atoms with Crippen LogP contribution in [0, 0.1) is 0 Å². The Morgan fingerprint density at radius 2 is 1.83 bits per heavy atom. The average molecular weight is 446 g/mol. The van der Waals surface area contributed by atoms with Crippen LogP contribution in [-0.2, 0) is 4.74 Å². The molecule has 1 aliphatic rings. The maximum atomic E-state index is 12.6. The zero-order valence-corrected chi connectivity index (χ0v) is 18.6. The number of methoxy groups -OCH3 is 1. The lowest BCUT2D eigenvalue weighted by atomic mass is 10.2. The van der Waals surface area contributed by atoms with E-state index >= 15 is 0 Å². The van der Waals surface area contributed by atoms with Crippen molar-refractivity contribution in [2.24, 2.45) is 0 Å². The zero-order valence-electron chi connectivity index (χ0n) is 17.0. The molecule has 3 aromatic rings. The standard InChI is InChI=1S/C22H24ClN3O3S/c1-3-29-22(27)17-14-19(20-18(23)8-13-30-20)24-21(17)26-11-9-25(10-12-26)15-4-6-16(28-2)7-5-15/h4-8,13-14,24H,3,9-12H2,1-2H3. The highest BCUT2D eigenvalue weighted by Gasteiger charge is 2.26. The lowest BCUT2D eigenvalue weighted by Crippen LogP contribution is -2.47. The Morgan fingerprint density at radius 1 is 1.13 bits per heavy atom. The van der Waals surface area contributed by atoms with Crippen LogP contribution in [0.5, 0.6) is 5.75 Å². The van der Waals surface area contributed by atoms with E-state index in [1.165, 1.54) is 5.69 Å². The van der Waals surface area contributed by atoms with Gasteiger partial charge in [0.25, 0.3) is 0 Å². The fraction of sp³-hybridized carbons (Fsp3) is 0.318. The average Bonchev–Trinajstić information content (AvgIpc) is 3.40. The van der Waals surface area contributed by atoms with E-state index in [1.807, 2.05) is 36.6 Å². The molecular weight excluding hydrogens is 422 g/mol. The lowest BCUT2D eigenvalue weighted by Gasteiger charge is -2.37. The highest BCUT2D eigenvalue weighted by Crippen LogP contribution is 2.36. The summed E-state index contributed by atoms with van der Waals surface area (Å²) in [6.45, 7) is 5.43. The fourth-order valence-electron chi connectivity index (χ4n) is 3.65. The number of carbonyl (C=O) groups excluding carboxylic acids is 1. The van der Waals surface area contributed by atoms with Crippen LogP contribution in [0.3, 0.4) is 0 Å². The Morgan fingerprint density at radius 3 is 2.43 bits per heavy atom. The van der Waals surface area contributed by atoms with Crippen molar-refractivity contribution in [2.75, 3.05) is 49.7 Å². The van der Waals surface area contributed by atoms with Crippen molar-refractivity contribution in [1.82, 2.24) is 4.98 Å². The Bertz CT molecular complexity index is 1010. The molecule has 1 fully saturated rings. The van der Waals surface area contributed by atoms with Gasteiger partial charge >= 0.3 is 5.97 Å². The SMILES string of the molecule is CCOC(=O)c1cc(-c2sccc2Cl)[nH]c1N1CCN(c2ccc(OC)cc2)CC1. The van der Waals surface area contributed by atoms with Gasteiger partial charge in [-0.1, -0.05) is 11.6 Å². The predicted octanol–water partition coefficient (Wildman–Crippen LogP) is 4.91. The molecule has 2 aromatic heterocycles. The first-order valence-corrected chi connectivity index (χ1v) is 11.1. The van der Waals surface area contributed by atoms with Gasteiger partial charge in [0.1, 0.15) is 17.1 Å². The summed E-state index contributed by atoms with van der Waals surface area (Å²) < 4.78 is 10.5. The van der Waals surface area contributed by atoms with Crippen molar-refractivity contribution in [3.63, 3.8) is 0 Å². The van der Waals surface area contributed by atoms with E-state index in [0.29, 0.717) is 17.2 Å². The number of nitrogens with one attached hydrogen (secondary N) is 1. The van der Waals surface area contributed by atoms with Gasteiger partial charge in [0.2, 0.25) is 0 Å². The second kappa shape index (κ2) is 9.02. The molecule has 6 nitrogen and oxygen atoms in total. The molecule has 1 aliphatic heterocycles. The summed E-state index contributed by atoms with van der Waals surface area (Å²) in [7, 11) is 1.67. The van der Waals surface area contributed by atoms with Crippen LogP contribution in [0.2, 0.25) is 5.02 Å². The highest BCUT2D eigenvalue weighted by molar-refractivity contribution is 7.14. The molecule has 0 spiro atoms. The molecule has 0 unspecified atom stereocenters. The van der Waals surface area contributed by atoms with E-state index in [9.17, 15) is 4.79 Å². The maximum Gasteiger partial charge on any atom is 0.341 e. The number of thiophene rings is 1. The van der Waals surface area contributed by atoms with Gasteiger partial charge in [-0.05, 0) is 48.7 Å². The number of aromatic amines is 1. The summed E-state index contributed by atoms with van der Waals surface area (Å²) >= 11 is 7.86. The molecule has 0 bridgehead atoms. The molecule has 1 N–H and O–H groups in total. The summed E-state index contributed by atoms with van der Waals surface area (Å²) in [5, 5.41) is 2.61. The van der Waals surface area contributed by atoms with Crippen LogP contribution in [-0.4, -0.2) is 50.8 Å². The molecule has 158 valence electrons. The molecule has 0 saturated carbocycles. The predicted molar refractivity (Wildman–Crippen MR) is 122 cm³/mol. The first-order valence-electron chi connectivity index (χ1n) is 9.88. The number of nitrogens with zero attached hydrogens (tertiary/aromatic N) is 2. The summed E-state index contributed by atoms with van der Waals surface area (Å²) in [5.41, 5.74) is 2.55. The molecule has 0 aliphatic carbocycles. The van der Waals surface area contributed by atoms with E-state index < -0.39 is 0 Å². The summed E-state index contributed by atoms with van der Waals surface area (Å²) in [5.74, 6) is 1.32. The third kappa shape index (κ3) is 4.13. The van der Waals surface area contributed by atoms with E-state index in [2.05, 4.69) is 26.9 Å². The Labute approximate surface area is 185 Å². The van der Waals surface area contributed by atoms with Gasteiger partial charge in [-0.2, -0.15) is 0 Å². The number of esters is 1. The van der Waals surface area contributed by atoms with Crippen molar-refractivity contribution < 1.29 is 14.3 Å². The second-order valence-corrected chi connectivity index (χ2v) is 8.26. The smallest absolute Gasteiger partial charge is 0.341 e. The number of halogens is 1. The molecule has 8 heteroatoms. The first kappa shape index (κ1) is 20.6. The minimum absolute atomic E-state index is 0.319. The quantitative estimate of drug-likeness (QED) is 0.546. The third-order valence-electron chi connectivity index (χ3n) is 5.19. The topological polar surface area (TPSA) is 57.8 Å². The van der Waals surface area contributed by atoms with Gasteiger partial charge in [-0.25, -0.2) is 4.79 Å². The first-order chi connectivity index (χ1) is 14.6. The van der Waals surface area contributed by atoms with Crippen LogP contribution in [0.4, 0.5) is 11.5 Å². The van der Waals surface area contributed by atoms with Gasteiger partial charge in [0.05, 0.1) is 29.3 Å². The number of rotatable bonds is 6. The Hall–Kier alpha value is -2.64. The minimum atomic E-state index is -0.319. The number of H-pyrrole nitrogens is 1. The van der Waals surface area contributed by atoms with Gasteiger partial charge in [-0.3, -0.25) is 0 Å². The van der Waals surface area contributed by atoms with Crippen LogP contribution in [0.15, 0.2) is 41.8 Å². The van der Waals surface area contributed by atoms with Crippen molar-refractivity contribution >= 4 is 40.4 Å². The monoisotopic (exact) mass is 445 g/mol. The molecule has 0 atom stereocenters. The Kier molecular flexibility index (Phi) is 6.20. The maximum absolute atomic E-state index is 12.6. The van der Waals surface area contributed by atoms with E-state index in [1.54, 1.807) is 18.4 Å². The minimum Gasteiger partial charge on any atom is -0.497 e. The molecule has 3 heterocycles. The number of hydrogen-bond acceptors (Lipinski definition) is 6. The van der Waals surface area contributed by atoms with Gasteiger partial charge in [0.15, 0.2) is 0 Å². The number of ether oxygens (including phenoxy) is 2. The number of benzene rings is 1. The van der Waals surface area contributed by atoms with E-state index in [0.717, 1.165) is 48.3 Å². The molecule has 1 saturated heterocycles. The zero-order chi connectivity index (χ0) is 21.1. The van der Waals surface area contributed by atoms with Crippen molar-refractivity contribution in [1.29, 1.82) is 0 Å². The van der Waals surface area contributed by atoms with Crippen LogP contribution in [0.1, 0.15) is 17.3 Å². The number of carbonyl (C=O) groups is 1. The summed E-state index contributed by atoms with van der Waals surface area (Å²) in [6.07, 6.45) is 0. The molecule has 0 radical (unpaired) electrons. The fourth-order valence-corrected chi connectivity index (χ4v) is 4.78. The molecule has 0 amide bonds. The van der Waals surface area contributed by atoms with Crippen molar-refractivity contribution in [2.45, 2.75) is 6.92 Å². The van der Waals surface area contributed by atoms with Gasteiger partial charge < -0.3 is 24.3 Å². The van der Waals surface area contributed by atoms with Crippen LogP contribution >= 0.6 is 22.9 Å². The number of aromatic nitrogens is 1.